The van der Waals surface area contributed by atoms with Crippen molar-refractivity contribution >= 4 is 22.9 Å². The number of carbonyl (C=O) groups excluding carboxylic acids is 1. The lowest BCUT2D eigenvalue weighted by Crippen LogP contribution is -2.21. The van der Waals surface area contributed by atoms with Gasteiger partial charge >= 0.3 is 6.18 Å². The number of halogens is 3. The minimum Gasteiger partial charge on any atom is -0.361 e. The van der Waals surface area contributed by atoms with Gasteiger partial charge in [0.2, 0.25) is 0 Å². The molecule has 1 N–H and O–H groups in total. The van der Waals surface area contributed by atoms with E-state index >= 15 is 0 Å². The molecular formula is C13H11F3N2OS. The highest BCUT2D eigenvalue weighted by Gasteiger charge is 2.26. The Morgan fingerprint density at radius 2 is 2.05 bits per heavy atom. The topological polar surface area (TPSA) is 42.0 Å². The van der Waals surface area contributed by atoms with Crippen molar-refractivity contribution < 1.29 is 18.0 Å². The molecule has 7 heteroatoms. The molecule has 0 saturated carbocycles. The van der Waals surface area contributed by atoms with Crippen LogP contribution in [0, 0.1) is 0 Å². The van der Waals surface area contributed by atoms with Crippen molar-refractivity contribution in [1.29, 1.82) is 0 Å². The molecule has 2 aromatic rings. The average Bonchev–Trinajstić information content (AvgIpc) is 2.86. The Morgan fingerprint density at radius 1 is 1.30 bits per heavy atom. The van der Waals surface area contributed by atoms with Gasteiger partial charge in [-0.3, -0.25) is 4.79 Å². The van der Waals surface area contributed by atoms with Crippen LogP contribution in [-0.4, -0.2) is 23.5 Å². The number of hydrogen-bond donors (Lipinski definition) is 1. The van der Waals surface area contributed by atoms with Gasteiger partial charge < -0.3 is 5.32 Å². The maximum atomic E-state index is 12.0. The molecule has 0 saturated heterocycles. The molecule has 0 aliphatic heterocycles. The number of carbonyl (C=O) groups is 1. The van der Waals surface area contributed by atoms with E-state index in [-0.39, 0.29) is 11.6 Å². The number of hydrogen-bond acceptors (Lipinski definition) is 4. The molecule has 3 nitrogen and oxygen atoms in total. The van der Waals surface area contributed by atoms with Gasteiger partial charge in [0.1, 0.15) is 12.4 Å². The summed E-state index contributed by atoms with van der Waals surface area (Å²) in [7, 11) is 0. The summed E-state index contributed by atoms with van der Waals surface area (Å²) in [5, 5.41) is 2.20. The van der Waals surface area contributed by atoms with Crippen molar-refractivity contribution in [2.24, 2.45) is 0 Å². The SMILES string of the molecule is CC(=O)c1ccc(-c2ccc(NCC(F)(F)F)nc2)s1. The molecule has 0 bridgehead atoms. The number of nitrogens with zero attached hydrogens (tertiary/aromatic N) is 1. The second-order valence-corrected chi connectivity index (χ2v) is 5.20. The summed E-state index contributed by atoms with van der Waals surface area (Å²) in [6.07, 6.45) is -2.79. The van der Waals surface area contributed by atoms with Crippen LogP contribution in [-0.2, 0) is 0 Å². The lowest BCUT2D eigenvalue weighted by Gasteiger charge is -2.08. The smallest absolute Gasteiger partial charge is 0.361 e. The van der Waals surface area contributed by atoms with Crippen molar-refractivity contribution in [3.63, 3.8) is 0 Å². The second kappa shape index (κ2) is 5.62. The van der Waals surface area contributed by atoms with E-state index in [1.807, 2.05) is 0 Å². The van der Waals surface area contributed by atoms with Gasteiger partial charge in [-0.25, -0.2) is 4.98 Å². The van der Waals surface area contributed by atoms with Gasteiger partial charge in [-0.05, 0) is 31.2 Å². The fourth-order valence-electron chi connectivity index (χ4n) is 1.52. The van der Waals surface area contributed by atoms with Gasteiger partial charge in [0.25, 0.3) is 0 Å². The maximum absolute atomic E-state index is 12.0. The lowest BCUT2D eigenvalue weighted by molar-refractivity contribution is -0.115. The summed E-state index contributed by atoms with van der Waals surface area (Å²) >= 11 is 1.33. The number of Topliss-reactive ketones (excluding diaryl/α,β-unsaturated/α-hetero) is 1. The Hall–Kier alpha value is -1.89. The Morgan fingerprint density at radius 3 is 2.55 bits per heavy atom. The van der Waals surface area contributed by atoms with Crippen LogP contribution in [0.3, 0.4) is 0 Å². The fourth-order valence-corrected chi connectivity index (χ4v) is 2.41. The van der Waals surface area contributed by atoms with Crippen LogP contribution in [0.2, 0.25) is 0 Å². The summed E-state index contributed by atoms with van der Waals surface area (Å²) < 4.78 is 36.1. The molecule has 106 valence electrons. The normalized spacial score (nSPS) is 11.4. The molecule has 2 heterocycles. The first-order valence-corrected chi connectivity index (χ1v) is 6.54. The average molecular weight is 300 g/mol. The zero-order valence-electron chi connectivity index (χ0n) is 10.5. The first-order valence-electron chi connectivity index (χ1n) is 5.73. The molecule has 0 radical (unpaired) electrons. The van der Waals surface area contributed by atoms with Gasteiger partial charge in [-0.2, -0.15) is 13.2 Å². The van der Waals surface area contributed by atoms with Crippen LogP contribution in [0.25, 0.3) is 10.4 Å². The lowest BCUT2D eigenvalue weighted by atomic mass is 10.2. The number of nitrogens with one attached hydrogen (secondary N) is 1. The van der Waals surface area contributed by atoms with E-state index in [2.05, 4.69) is 10.3 Å². The Balaban J connectivity index is 2.09. The molecule has 0 fully saturated rings. The molecule has 0 amide bonds. The van der Waals surface area contributed by atoms with E-state index in [4.69, 9.17) is 0 Å². The molecule has 20 heavy (non-hydrogen) atoms. The van der Waals surface area contributed by atoms with Gasteiger partial charge in [-0.15, -0.1) is 11.3 Å². The van der Waals surface area contributed by atoms with Crippen LogP contribution in [0.15, 0.2) is 30.5 Å². The number of ketones is 1. The Labute approximate surface area is 117 Å². The van der Waals surface area contributed by atoms with Crippen molar-refractivity contribution in [2.45, 2.75) is 13.1 Å². The minimum atomic E-state index is -4.27. The third-order valence-electron chi connectivity index (χ3n) is 2.47. The number of rotatable bonds is 4. The van der Waals surface area contributed by atoms with E-state index in [1.54, 1.807) is 18.2 Å². The molecular weight excluding hydrogens is 289 g/mol. The highest BCUT2D eigenvalue weighted by Crippen LogP contribution is 2.28. The van der Waals surface area contributed by atoms with Gasteiger partial charge in [0.05, 0.1) is 4.88 Å². The number of alkyl halides is 3. The number of thiophene rings is 1. The first kappa shape index (κ1) is 14.5. The quantitative estimate of drug-likeness (QED) is 0.868. The Kier molecular flexibility index (Phi) is 4.08. The van der Waals surface area contributed by atoms with Crippen LogP contribution in [0.1, 0.15) is 16.6 Å². The van der Waals surface area contributed by atoms with E-state index in [9.17, 15) is 18.0 Å². The van der Waals surface area contributed by atoms with Crippen molar-refractivity contribution in [1.82, 2.24) is 4.98 Å². The molecule has 0 unspecified atom stereocenters. The van der Waals surface area contributed by atoms with Gasteiger partial charge in [0.15, 0.2) is 5.78 Å². The van der Waals surface area contributed by atoms with E-state index in [0.29, 0.717) is 4.88 Å². The number of anilines is 1. The van der Waals surface area contributed by atoms with Crippen molar-refractivity contribution in [3.05, 3.63) is 35.3 Å². The monoisotopic (exact) mass is 300 g/mol. The second-order valence-electron chi connectivity index (χ2n) is 4.12. The van der Waals surface area contributed by atoms with Crippen molar-refractivity contribution in [3.8, 4) is 10.4 Å². The summed E-state index contributed by atoms with van der Waals surface area (Å²) in [4.78, 5) is 16.6. The third-order valence-corrected chi connectivity index (χ3v) is 3.71. The van der Waals surface area contributed by atoms with E-state index < -0.39 is 12.7 Å². The Bertz CT molecular complexity index is 605. The summed E-state index contributed by atoms with van der Waals surface area (Å²) in [5.74, 6) is 0.145. The van der Waals surface area contributed by atoms with Crippen LogP contribution in [0.4, 0.5) is 19.0 Å². The molecule has 0 atom stereocenters. The number of aromatic nitrogens is 1. The van der Waals surface area contributed by atoms with E-state index in [1.165, 1.54) is 30.5 Å². The minimum absolute atomic E-state index is 0.0160. The standard InChI is InChI=1S/C13H11F3N2OS/c1-8(19)10-3-4-11(20-10)9-2-5-12(17-6-9)18-7-13(14,15)16/h2-6H,7H2,1H3,(H,17,18). The highest BCUT2D eigenvalue weighted by atomic mass is 32.1. The summed E-state index contributed by atoms with van der Waals surface area (Å²) in [6, 6.07) is 6.66. The van der Waals surface area contributed by atoms with E-state index in [0.717, 1.165) is 10.4 Å². The van der Waals surface area contributed by atoms with Crippen LogP contribution in [0.5, 0.6) is 0 Å². The number of pyridine rings is 1. The fraction of sp³-hybridized carbons (Fsp3) is 0.231. The third kappa shape index (κ3) is 3.80. The predicted octanol–water partition coefficient (Wildman–Crippen LogP) is 3.99. The van der Waals surface area contributed by atoms with Crippen molar-refractivity contribution in [2.75, 3.05) is 11.9 Å². The highest BCUT2D eigenvalue weighted by molar-refractivity contribution is 7.17. The molecule has 2 aromatic heterocycles. The molecule has 0 spiro atoms. The molecule has 0 aliphatic carbocycles. The van der Waals surface area contributed by atoms with Gasteiger partial charge in [-0.1, -0.05) is 0 Å². The van der Waals surface area contributed by atoms with Crippen LogP contribution < -0.4 is 5.32 Å². The summed E-state index contributed by atoms with van der Waals surface area (Å²) in [6.45, 7) is 0.366. The largest absolute Gasteiger partial charge is 0.405 e. The zero-order valence-corrected chi connectivity index (χ0v) is 11.3. The van der Waals surface area contributed by atoms with Gasteiger partial charge in [0, 0.05) is 16.6 Å². The van der Waals surface area contributed by atoms with Crippen LogP contribution >= 0.6 is 11.3 Å². The predicted molar refractivity (Wildman–Crippen MR) is 72.1 cm³/mol. The molecule has 0 aliphatic rings. The molecule has 2 rings (SSSR count). The maximum Gasteiger partial charge on any atom is 0.405 e. The molecule has 0 aromatic carbocycles. The zero-order chi connectivity index (χ0) is 14.8. The summed E-state index contributed by atoms with van der Waals surface area (Å²) in [5.41, 5.74) is 0.764. The first-order chi connectivity index (χ1) is 9.35.